The zero-order valence-electron chi connectivity index (χ0n) is 10.3. The molecule has 0 aliphatic carbocycles. The number of nitro benzene ring substituents is 1. The highest BCUT2D eigenvalue weighted by Crippen LogP contribution is 2.25. The zero-order chi connectivity index (χ0) is 14.7. The Labute approximate surface area is 112 Å². The zero-order valence-corrected chi connectivity index (χ0v) is 10.3. The predicted octanol–water partition coefficient (Wildman–Crippen LogP) is 1.56. The molecule has 9 nitrogen and oxygen atoms in total. The lowest BCUT2D eigenvalue weighted by atomic mass is 10.2. The van der Waals surface area contributed by atoms with Gasteiger partial charge in [-0.1, -0.05) is 0 Å². The number of hydrogen-bond acceptors (Lipinski definition) is 7. The van der Waals surface area contributed by atoms with E-state index < -0.39 is 10.9 Å². The van der Waals surface area contributed by atoms with Crippen molar-refractivity contribution >= 4 is 11.7 Å². The summed E-state index contributed by atoms with van der Waals surface area (Å²) in [7, 11) is 0. The maximum atomic E-state index is 11.1. The minimum Gasteiger partial charge on any atom is -0.483 e. The minimum absolute atomic E-state index is 0.0149. The van der Waals surface area contributed by atoms with Crippen LogP contribution in [0.2, 0.25) is 0 Å². The third kappa shape index (κ3) is 2.88. The Balaban J connectivity index is 2.22. The van der Waals surface area contributed by atoms with Gasteiger partial charge in [0.15, 0.2) is 6.61 Å². The van der Waals surface area contributed by atoms with Gasteiger partial charge in [0.05, 0.1) is 4.92 Å². The highest BCUT2D eigenvalue weighted by atomic mass is 16.6. The van der Waals surface area contributed by atoms with Crippen LogP contribution in [-0.4, -0.2) is 26.2 Å². The van der Waals surface area contributed by atoms with Gasteiger partial charge in [-0.2, -0.15) is 0 Å². The number of ether oxygens (including phenoxy) is 1. The molecule has 0 radical (unpaired) electrons. The van der Waals surface area contributed by atoms with Crippen LogP contribution in [0.1, 0.15) is 22.1 Å². The molecule has 20 heavy (non-hydrogen) atoms. The van der Waals surface area contributed by atoms with Crippen LogP contribution in [-0.2, 0) is 6.61 Å². The number of nitrogens with zero attached hydrogens (tertiary/aromatic N) is 3. The van der Waals surface area contributed by atoms with Crippen LogP contribution < -0.4 is 4.74 Å². The Morgan fingerprint density at radius 1 is 1.50 bits per heavy atom. The Hall–Kier alpha value is -2.97. The van der Waals surface area contributed by atoms with Crippen molar-refractivity contribution in [2.75, 3.05) is 0 Å². The van der Waals surface area contributed by atoms with Gasteiger partial charge in [-0.3, -0.25) is 10.1 Å². The lowest BCUT2D eigenvalue weighted by molar-refractivity contribution is -0.384. The van der Waals surface area contributed by atoms with Crippen molar-refractivity contribution in [3.63, 3.8) is 0 Å². The largest absolute Gasteiger partial charge is 0.483 e. The fourth-order valence-corrected chi connectivity index (χ4v) is 1.46. The summed E-state index contributed by atoms with van der Waals surface area (Å²) in [5.41, 5.74) is -0.640. The second-order valence-corrected chi connectivity index (χ2v) is 3.75. The normalized spacial score (nSPS) is 10.2. The average Bonchev–Trinajstić information content (AvgIpc) is 2.81. The molecule has 1 aromatic carbocycles. The van der Waals surface area contributed by atoms with E-state index in [-0.39, 0.29) is 29.5 Å². The van der Waals surface area contributed by atoms with Gasteiger partial charge in [-0.25, -0.2) is 4.79 Å². The van der Waals surface area contributed by atoms with Gasteiger partial charge in [-0.15, -0.1) is 10.2 Å². The highest BCUT2D eigenvalue weighted by molar-refractivity contribution is 5.91. The van der Waals surface area contributed by atoms with Crippen molar-refractivity contribution < 1.29 is 24.0 Å². The molecule has 0 saturated heterocycles. The number of non-ortho nitro benzene ring substituents is 1. The van der Waals surface area contributed by atoms with Crippen molar-refractivity contribution in [2.24, 2.45) is 0 Å². The van der Waals surface area contributed by atoms with Gasteiger partial charge in [0.1, 0.15) is 11.3 Å². The summed E-state index contributed by atoms with van der Waals surface area (Å²) in [4.78, 5) is 21.0. The third-order valence-electron chi connectivity index (χ3n) is 2.32. The van der Waals surface area contributed by atoms with E-state index in [0.29, 0.717) is 5.89 Å². The first-order valence-corrected chi connectivity index (χ1v) is 5.41. The number of carboxylic acids is 1. The molecule has 0 fully saturated rings. The van der Waals surface area contributed by atoms with Crippen molar-refractivity contribution in [3.8, 4) is 5.75 Å². The molecular weight excluding hydrogens is 270 g/mol. The van der Waals surface area contributed by atoms with Crippen LogP contribution >= 0.6 is 0 Å². The first-order chi connectivity index (χ1) is 9.47. The highest BCUT2D eigenvalue weighted by Gasteiger charge is 2.17. The lowest BCUT2D eigenvalue weighted by Gasteiger charge is -2.06. The number of rotatable bonds is 5. The SMILES string of the molecule is Cc1nnc(COc2ccc([N+](=O)[O-])cc2C(=O)O)o1. The first-order valence-electron chi connectivity index (χ1n) is 5.41. The van der Waals surface area contributed by atoms with Crippen molar-refractivity contribution in [1.82, 2.24) is 10.2 Å². The molecule has 1 N–H and O–H groups in total. The maximum absolute atomic E-state index is 11.1. The molecule has 0 spiro atoms. The Bertz CT molecular complexity index is 666. The Kier molecular flexibility index (Phi) is 3.60. The maximum Gasteiger partial charge on any atom is 0.339 e. The van der Waals surface area contributed by atoms with Gasteiger partial charge in [0.2, 0.25) is 5.89 Å². The number of nitro groups is 1. The predicted molar refractivity (Wildman–Crippen MR) is 63.4 cm³/mol. The molecule has 2 rings (SSSR count). The number of aromatic carboxylic acids is 1. The molecule has 0 unspecified atom stereocenters. The number of carboxylic acid groups (broad SMARTS) is 1. The second-order valence-electron chi connectivity index (χ2n) is 3.75. The van der Waals surface area contributed by atoms with E-state index in [4.69, 9.17) is 14.3 Å². The van der Waals surface area contributed by atoms with Gasteiger partial charge in [0, 0.05) is 19.1 Å². The summed E-state index contributed by atoms with van der Waals surface area (Å²) in [6.45, 7) is 1.48. The average molecular weight is 279 g/mol. The molecule has 1 aromatic heterocycles. The van der Waals surface area contributed by atoms with Gasteiger partial charge >= 0.3 is 5.97 Å². The van der Waals surface area contributed by atoms with Crippen molar-refractivity contribution in [2.45, 2.75) is 13.5 Å². The van der Waals surface area contributed by atoms with Crippen molar-refractivity contribution in [1.29, 1.82) is 0 Å². The minimum atomic E-state index is -1.33. The summed E-state index contributed by atoms with van der Waals surface area (Å²) in [5, 5.41) is 26.9. The van der Waals surface area contributed by atoms with Gasteiger partial charge in [0.25, 0.3) is 11.6 Å². The third-order valence-corrected chi connectivity index (χ3v) is 2.32. The number of aryl methyl sites for hydroxylation is 1. The van der Waals surface area contributed by atoms with Crippen LogP contribution in [0.4, 0.5) is 5.69 Å². The van der Waals surface area contributed by atoms with Crippen LogP contribution in [0, 0.1) is 17.0 Å². The second kappa shape index (κ2) is 5.34. The molecule has 0 bridgehead atoms. The van der Waals surface area contributed by atoms with E-state index in [1.54, 1.807) is 6.92 Å². The summed E-state index contributed by atoms with van der Waals surface area (Å²) in [5.74, 6) is -0.813. The van der Waals surface area contributed by atoms with E-state index in [9.17, 15) is 14.9 Å². The fourth-order valence-electron chi connectivity index (χ4n) is 1.46. The van der Waals surface area contributed by atoms with E-state index in [2.05, 4.69) is 10.2 Å². The molecule has 0 atom stereocenters. The molecule has 0 aliphatic rings. The molecule has 9 heteroatoms. The fraction of sp³-hybridized carbons (Fsp3) is 0.182. The standard InChI is InChI=1S/C11H9N3O6/c1-6-12-13-10(20-6)5-19-9-3-2-7(14(17)18)4-8(9)11(15)16/h2-4H,5H2,1H3,(H,15,16). The summed E-state index contributed by atoms with van der Waals surface area (Å²) >= 11 is 0. The summed E-state index contributed by atoms with van der Waals surface area (Å²) < 4.78 is 10.3. The molecule has 0 aliphatic heterocycles. The molecule has 104 valence electrons. The topological polar surface area (TPSA) is 129 Å². The van der Waals surface area contributed by atoms with E-state index in [0.717, 1.165) is 12.1 Å². The van der Waals surface area contributed by atoms with E-state index in [1.807, 2.05) is 0 Å². The Morgan fingerprint density at radius 2 is 2.25 bits per heavy atom. The molecule has 2 aromatic rings. The summed E-state index contributed by atoms with van der Waals surface area (Å²) in [6, 6.07) is 3.29. The van der Waals surface area contributed by atoms with Crippen molar-refractivity contribution in [3.05, 3.63) is 45.7 Å². The summed E-state index contributed by atoms with van der Waals surface area (Å²) in [6.07, 6.45) is 0. The molecule has 1 heterocycles. The molecular formula is C11H9N3O6. The van der Waals surface area contributed by atoms with E-state index in [1.165, 1.54) is 6.07 Å². The first kappa shape index (κ1) is 13.5. The quantitative estimate of drug-likeness (QED) is 0.644. The molecule has 0 amide bonds. The van der Waals surface area contributed by atoms with Crippen LogP contribution in [0.25, 0.3) is 0 Å². The van der Waals surface area contributed by atoms with Gasteiger partial charge < -0.3 is 14.3 Å². The van der Waals surface area contributed by atoms with Crippen LogP contribution in [0.15, 0.2) is 22.6 Å². The number of carbonyl (C=O) groups is 1. The van der Waals surface area contributed by atoms with E-state index >= 15 is 0 Å². The van der Waals surface area contributed by atoms with Crippen LogP contribution in [0.3, 0.4) is 0 Å². The van der Waals surface area contributed by atoms with Crippen LogP contribution in [0.5, 0.6) is 5.75 Å². The van der Waals surface area contributed by atoms with Gasteiger partial charge in [-0.05, 0) is 6.07 Å². The smallest absolute Gasteiger partial charge is 0.339 e. The monoisotopic (exact) mass is 279 g/mol. The number of aromatic nitrogens is 2. The number of benzene rings is 1. The lowest BCUT2D eigenvalue weighted by Crippen LogP contribution is -2.04. The Morgan fingerprint density at radius 3 is 2.80 bits per heavy atom. The molecule has 0 saturated carbocycles. The number of hydrogen-bond donors (Lipinski definition) is 1.